The van der Waals surface area contributed by atoms with E-state index in [1.54, 1.807) is 18.6 Å². The molecule has 0 aliphatic rings. The van der Waals surface area contributed by atoms with Crippen LogP contribution < -0.4 is 10.6 Å². The Hall–Kier alpha value is -2.47. The summed E-state index contributed by atoms with van der Waals surface area (Å²) in [5.74, 6) is -0.0564. The molecule has 2 aromatic rings. The molecular formula is C16H20N4O2. The predicted molar refractivity (Wildman–Crippen MR) is 83.0 cm³/mol. The number of amides is 2. The number of carbonyl (C=O) groups is 1. The molecule has 1 atom stereocenters. The van der Waals surface area contributed by atoms with E-state index in [4.69, 9.17) is 0 Å². The maximum atomic E-state index is 11.7. The van der Waals surface area contributed by atoms with Crippen LogP contribution in [0.5, 0.6) is 0 Å². The zero-order valence-corrected chi connectivity index (χ0v) is 12.3. The average molecular weight is 300 g/mol. The molecule has 3 N–H and O–H groups in total. The number of rotatable bonds is 7. The molecule has 2 aromatic heterocycles. The summed E-state index contributed by atoms with van der Waals surface area (Å²) in [6.07, 6.45) is 5.74. The lowest BCUT2D eigenvalue weighted by molar-refractivity contribution is 0.213. The first-order valence-corrected chi connectivity index (χ1v) is 7.19. The Labute approximate surface area is 129 Å². The van der Waals surface area contributed by atoms with E-state index < -0.39 is 0 Å². The van der Waals surface area contributed by atoms with Crippen LogP contribution in [0.3, 0.4) is 0 Å². The highest BCUT2D eigenvalue weighted by molar-refractivity contribution is 5.73. The number of nitrogens with zero attached hydrogens (tertiary/aromatic N) is 2. The van der Waals surface area contributed by atoms with Gasteiger partial charge < -0.3 is 15.7 Å². The second-order valence-corrected chi connectivity index (χ2v) is 5.00. The molecule has 116 valence electrons. The van der Waals surface area contributed by atoms with Crippen LogP contribution in [-0.2, 0) is 13.0 Å². The Morgan fingerprint density at radius 1 is 1.18 bits per heavy atom. The molecular weight excluding hydrogens is 280 g/mol. The number of aromatic nitrogens is 2. The van der Waals surface area contributed by atoms with E-state index in [-0.39, 0.29) is 18.6 Å². The Morgan fingerprint density at radius 3 is 2.77 bits per heavy atom. The zero-order chi connectivity index (χ0) is 15.6. The van der Waals surface area contributed by atoms with Gasteiger partial charge in [0.2, 0.25) is 0 Å². The molecule has 2 heterocycles. The van der Waals surface area contributed by atoms with Crippen LogP contribution in [0.15, 0.2) is 48.9 Å². The normalized spacial score (nSPS) is 11.7. The van der Waals surface area contributed by atoms with Crippen LogP contribution in [0.25, 0.3) is 0 Å². The molecule has 2 rings (SSSR count). The summed E-state index contributed by atoms with van der Waals surface area (Å²) in [4.78, 5) is 20.0. The predicted octanol–water partition coefficient (Wildman–Crippen LogP) is 1.13. The highest BCUT2D eigenvalue weighted by Gasteiger charge is 2.11. The third kappa shape index (κ3) is 5.49. The number of hydrogen-bond donors (Lipinski definition) is 3. The van der Waals surface area contributed by atoms with E-state index in [1.165, 1.54) is 0 Å². The summed E-state index contributed by atoms with van der Waals surface area (Å²) >= 11 is 0. The molecule has 0 radical (unpaired) electrons. The highest BCUT2D eigenvalue weighted by atomic mass is 16.3. The van der Waals surface area contributed by atoms with Crippen molar-refractivity contribution < 1.29 is 9.90 Å². The molecule has 0 spiro atoms. The summed E-state index contributed by atoms with van der Waals surface area (Å²) < 4.78 is 0. The standard InChI is InChI=1S/C16H20N4O2/c21-12-14(8-15-5-1-2-7-18-15)11-20-16(22)19-10-13-4-3-6-17-9-13/h1-7,9,14,21H,8,10-12H2,(H2,19,20,22). The van der Waals surface area contributed by atoms with E-state index in [1.807, 2.05) is 30.3 Å². The summed E-state index contributed by atoms with van der Waals surface area (Å²) in [6.45, 7) is 0.815. The fourth-order valence-corrected chi connectivity index (χ4v) is 2.00. The van der Waals surface area contributed by atoms with Gasteiger partial charge in [0.1, 0.15) is 0 Å². The maximum Gasteiger partial charge on any atom is 0.315 e. The number of hydrogen-bond acceptors (Lipinski definition) is 4. The second kappa shape index (κ2) is 8.74. The van der Waals surface area contributed by atoms with Gasteiger partial charge in [0.05, 0.1) is 0 Å². The number of aliphatic hydroxyl groups excluding tert-OH is 1. The Balaban J connectivity index is 1.72. The fourth-order valence-electron chi connectivity index (χ4n) is 2.00. The fraction of sp³-hybridized carbons (Fsp3) is 0.312. The molecule has 0 aromatic carbocycles. The van der Waals surface area contributed by atoms with Crippen LogP contribution in [0, 0.1) is 5.92 Å². The smallest absolute Gasteiger partial charge is 0.315 e. The van der Waals surface area contributed by atoms with E-state index in [9.17, 15) is 9.90 Å². The van der Waals surface area contributed by atoms with Crippen molar-refractivity contribution in [2.45, 2.75) is 13.0 Å². The summed E-state index contributed by atoms with van der Waals surface area (Å²) in [5.41, 5.74) is 1.84. The Bertz CT molecular complexity index is 563. The van der Waals surface area contributed by atoms with Crippen LogP contribution in [0.1, 0.15) is 11.3 Å². The number of aliphatic hydroxyl groups is 1. The Kier molecular flexibility index (Phi) is 6.32. The van der Waals surface area contributed by atoms with Crippen LogP contribution in [0.2, 0.25) is 0 Å². The lowest BCUT2D eigenvalue weighted by Gasteiger charge is -2.15. The van der Waals surface area contributed by atoms with Gasteiger partial charge in [-0.05, 0) is 30.2 Å². The lowest BCUT2D eigenvalue weighted by Crippen LogP contribution is -2.39. The van der Waals surface area contributed by atoms with Gasteiger partial charge in [-0.15, -0.1) is 0 Å². The molecule has 0 saturated carbocycles. The van der Waals surface area contributed by atoms with E-state index in [2.05, 4.69) is 20.6 Å². The number of urea groups is 1. The van der Waals surface area contributed by atoms with Crippen molar-refractivity contribution in [2.24, 2.45) is 5.92 Å². The minimum Gasteiger partial charge on any atom is -0.396 e. The number of pyridine rings is 2. The number of carbonyl (C=O) groups excluding carboxylic acids is 1. The third-order valence-corrected chi connectivity index (χ3v) is 3.21. The van der Waals surface area contributed by atoms with Crippen LogP contribution in [0.4, 0.5) is 4.79 Å². The van der Waals surface area contributed by atoms with Gasteiger partial charge in [-0.1, -0.05) is 12.1 Å². The maximum absolute atomic E-state index is 11.7. The third-order valence-electron chi connectivity index (χ3n) is 3.21. The van der Waals surface area contributed by atoms with Crippen molar-refractivity contribution in [1.82, 2.24) is 20.6 Å². The van der Waals surface area contributed by atoms with Crippen molar-refractivity contribution in [2.75, 3.05) is 13.2 Å². The molecule has 22 heavy (non-hydrogen) atoms. The van der Waals surface area contributed by atoms with Gasteiger partial charge in [-0.2, -0.15) is 0 Å². The molecule has 2 amide bonds. The summed E-state index contributed by atoms with van der Waals surface area (Å²) in [7, 11) is 0. The molecule has 0 fully saturated rings. The first-order chi connectivity index (χ1) is 10.8. The largest absolute Gasteiger partial charge is 0.396 e. The highest BCUT2D eigenvalue weighted by Crippen LogP contribution is 2.04. The minimum absolute atomic E-state index is 0.000536. The van der Waals surface area contributed by atoms with Crippen molar-refractivity contribution in [3.8, 4) is 0 Å². The van der Waals surface area contributed by atoms with Gasteiger partial charge in [-0.3, -0.25) is 9.97 Å². The SMILES string of the molecule is O=C(NCc1cccnc1)NCC(CO)Cc1ccccn1. The lowest BCUT2D eigenvalue weighted by atomic mass is 10.0. The Morgan fingerprint density at radius 2 is 2.09 bits per heavy atom. The van der Waals surface area contributed by atoms with Crippen LogP contribution >= 0.6 is 0 Å². The van der Waals surface area contributed by atoms with Crippen LogP contribution in [-0.4, -0.2) is 34.3 Å². The first kappa shape index (κ1) is 15.9. The van der Waals surface area contributed by atoms with Crippen molar-refractivity contribution in [3.05, 3.63) is 60.2 Å². The minimum atomic E-state index is -0.261. The van der Waals surface area contributed by atoms with Gasteiger partial charge >= 0.3 is 6.03 Å². The first-order valence-electron chi connectivity index (χ1n) is 7.19. The van der Waals surface area contributed by atoms with Crippen molar-refractivity contribution >= 4 is 6.03 Å². The topological polar surface area (TPSA) is 87.1 Å². The monoisotopic (exact) mass is 300 g/mol. The van der Waals surface area contributed by atoms with E-state index >= 15 is 0 Å². The molecule has 0 aliphatic carbocycles. The second-order valence-electron chi connectivity index (χ2n) is 5.00. The molecule has 6 nitrogen and oxygen atoms in total. The van der Waals surface area contributed by atoms with E-state index in [0.717, 1.165) is 11.3 Å². The summed E-state index contributed by atoms with van der Waals surface area (Å²) in [6, 6.07) is 9.12. The molecule has 0 aliphatic heterocycles. The summed E-state index contributed by atoms with van der Waals surface area (Å²) in [5, 5.41) is 14.9. The molecule has 0 saturated heterocycles. The molecule has 1 unspecified atom stereocenters. The number of nitrogens with one attached hydrogen (secondary N) is 2. The van der Waals surface area contributed by atoms with Gasteiger partial charge in [0.25, 0.3) is 0 Å². The van der Waals surface area contributed by atoms with E-state index in [0.29, 0.717) is 19.5 Å². The van der Waals surface area contributed by atoms with Gasteiger partial charge in [0, 0.05) is 49.9 Å². The van der Waals surface area contributed by atoms with Crippen molar-refractivity contribution in [3.63, 3.8) is 0 Å². The molecule has 6 heteroatoms. The zero-order valence-electron chi connectivity index (χ0n) is 12.3. The van der Waals surface area contributed by atoms with Gasteiger partial charge in [-0.25, -0.2) is 4.79 Å². The quantitative estimate of drug-likeness (QED) is 0.715. The van der Waals surface area contributed by atoms with Gasteiger partial charge in [0.15, 0.2) is 0 Å². The average Bonchev–Trinajstić information content (AvgIpc) is 2.58. The molecule has 0 bridgehead atoms. The van der Waals surface area contributed by atoms with Crippen molar-refractivity contribution in [1.29, 1.82) is 0 Å².